The number of anilines is 1. The minimum Gasteiger partial charge on any atom is -0.465 e. The zero-order valence-corrected chi connectivity index (χ0v) is 15.6. The van der Waals surface area contributed by atoms with E-state index < -0.39 is 23.9 Å². The van der Waals surface area contributed by atoms with Crippen molar-refractivity contribution in [2.75, 3.05) is 12.4 Å². The van der Waals surface area contributed by atoms with Crippen LogP contribution in [0.4, 0.5) is 10.5 Å². The summed E-state index contributed by atoms with van der Waals surface area (Å²) < 4.78 is 4.71. The molecular formula is C19H27N3O4. The Labute approximate surface area is 153 Å². The Hall–Kier alpha value is -2.57. The monoisotopic (exact) mass is 361 g/mol. The first-order valence-electron chi connectivity index (χ1n) is 8.97. The number of benzene rings is 1. The molecule has 0 unspecified atom stereocenters. The Morgan fingerprint density at radius 2 is 1.85 bits per heavy atom. The number of carbonyl (C=O) groups is 3. The van der Waals surface area contributed by atoms with Crippen LogP contribution in [0.15, 0.2) is 18.2 Å². The highest BCUT2D eigenvalue weighted by Gasteiger charge is 2.20. The topological polar surface area (TPSA) is 96.5 Å². The highest BCUT2D eigenvalue weighted by atomic mass is 16.5. The lowest BCUT2D eigenvalue weighted by molar-refractivity contribution is -0.120. The number of amides is 3. The summed E-state index contributed by atoms with van der Waals surface area (Å²) in [5.41, 5.74) is 1.91. The lowest BCUT2D eigenvalue weighted by Crippen LogP contribution is -2.49. The van der Waals surface area contributed by atoms with E-state index in [9.17, 15) is 14.4 Å². The van der Waals surface area contributed by atoms with Crippen LogP contribution >= 0.6 is 0 Å². The van der Waals surface area contributed by atoms with Crippen molar-refractivity contribution in [1.29, 1.82) is 0 Å². The van der Waals surface area contributed by atoms with E-state index in [1.165, 1.54) is 13.5 Å². The van der Waals surface area contributed by atoms with Gasteiger partial charge in [0.25, 0.3) is 0 Å². The van der Waals surface area contributed by atoms with Crippen LogP contribution in [0, 0.1) is 6.92 Å². The molecule has 1 atom stereocenters. The van der Waals surface area contributed by atoms with Crippen molar-refractivity contribution in [2.45, 2.75) is 58.0 Å². The molecule has 1 saturated carbocycles. The summed E-state index contributed by atoms with van der Waals surface area (Å²) in [4.78, 5) is 35.9. The van der Waals surface area contributed by atoms with Crippen LogP contribution in [0.5, 0.6) is 0 Å². The predicted octanol–water partition coefficient (Wildman–Crippen LogP) is 2.74. The van der Waals surface area contributed by atoms with Gasteiger partial charge in [-0.05, 0) is 44.4 Å². The van der Waals surface area contributed by atoms with Gasteiger partial charge in [0.2, 0.25) is 5.91 Å². The van der Waals surface area contributed by atoms with Crippen molar-refractivity contribution in [3.05, 3.63) is 29.3 Å². The molecule has 0 aromatic heterocycles. The Kier molecular flexibility index (Phi) is 7.00. The lowest BCUT2D eigenvalue weighted by atomic mass is 9.96. The van der Waals surface area contributed by atoms with Gasteiger partial charge in [0.1, 0.15) is 6.04 Å². The van der Waals surface area contributed by atoms with Crippen molar-refractivity contribution < 1.29 is 19.1 Å². The van der Waals surface area contributed by atoms with E-state index in [0.717, 1.165) is 31.2 Å². The molecule has 2 rings (SSSR count). The number of hydrogen-bond acceptors (Lipinski definition) is 5. The Balaban J connectivity index is 1.91. The molecule has 26 heavy (non-hydrogen) atoms. The molecule has 3 N–H and O–H groups in total. The number of methoxy groups -OCH3 is 1. The largest absolute Gasteiger partial charge is 0.465 e. The third-order valence-corrected chi connectivity index (χ3v) is 4.60. The minimum absolute atomic E-state index is 0.138. The van der Waals surface area contributed by atoms with Gasteiger partial charge in [-0.15, -0.1) is 0 Å². The third-order valence-electron chi connectivity index (χ3n) is 4.60. The van der Waals surface area contributed by atoms with Crippen molar-refractivity contribution in [2.24, 2.45) is 0 Å². The molecule has 142 valence electrons. The Bertz CT molecular complexity index is 669. The molecule has 0 bridgehead atoms. The quantitative estimate of drug-likeness (QED) is 0.701. The number of hydrogen-bond donors (Lipinski definition) is 3. The van der Waals surface area contributed by atoms with Crippen molar-refractivity contribution in [3.63, 3.8) is 0 Å². The molecule has 7 nitrogen and oxygen atoms in total. The molecule has 3 amide bonds. The van der Waals surface area contributed by atoms with Gasteiger partial charge in [0.15, 0.2) is 0 Å². The maximum Gasteiger partial charge on any atom is 0.337 e. The fourth-order valence-corrected chi connectivity index (χ4v) is 3.01. The summed E-state index contributed by atoms with van der Waals surface area (Å²) in [6.07, 6.45) is 5.31. The molecule has 0 heterocycles. The molecule has 0 saturated heterocycles. The number of aryl methyl sites for hydroxylation is 1. The summed E-state index contributed by atoms with van der Waals surface area (Å²) in [7, 11) is 1.32. The van der Waals surface area contributed by atoms with E-state index in [-0.39, 0.29) is 6.04 Å². The summed E-state index contributed by atoms with van der Waals surface area (Å²) in [6.45, 7) is 3.53. The maximum atomic E-state index is 12.3. The van der Waals surface area contributed by atoms with Crippen LogP contribution in [-0.2, 0) is 9.53 Å². The molecule has 1 aromatic carbocycles. The molecule has 1 aliphatic carbocycles. The number of rotatable bonds is 5. The van der Waals surface area contributed by atoms with E-state index >= 15 is 0 Å². The lowest BCUT2D eigenvalue weighted by Gasteiger charge is -2.23. The average molecular weight is 361 g/mol. The van der Waals surface area contributed by atoms with Gasteiger partial charge in [0.05, 0.1) is 12.7 Å². The average Bonchev–Trinajstić information content (AvgIpc) is 2.63. The number of nitrogens with one attached hydrogen (secondary N) is 3. The fourth-order valence-electron chi connectivity index (χ4n) is 3.01. The first-order valence-corrected chi connectivity index (χ1v) is 8.97. The molecule has 1 aliphatic rings. The number of esters is 1. The van der Waals surface area contributed by atoms with E-state index in [1.807, 2.05) is 6.92 Å². The third kappa shape index (κ3) is 5.47. The zero-order chi connectivity index (χ0) is 19.1. The van der Waals surface area contributed by atoms with Crippen molar-refractivity contribution >= 4 is 23.6 Å². The highest BCUT2D eigenvalue weighted by molar-refractivity contribution is 5.98. The molecule has 0 radical (unpaired) electrons. The van der Waals surface area contributed by atoms with Gasteiger partial charge in [0, 0.05) is 11.7 Å². The Morgan fingerprint density at radius 1 is 1.15 bits per heavy atom. The molecule has 7 heteroatoms. The van der Waals surface area contributed by atoms with Gasteiger partial charge in [-0.3, -0.25) is 10.1 Å². The number of ether oxygens (including phenoxy) is 1. The van der Waals surface area contributed by atoms with Crippen molar-refractivity contribution in [3.8, 4) is 0 Å². The summed E-state index contributed by atoms with van der Waals surface area (Å²) in [6, 6.07) is 4.10. The van der Waals surface area contributed by atoms with Gasteiger partial charge in [-0.1, -0.05) is 25.3 Å². The van der Waals surface area contributed by atoms with Crippen LogP contribution in [0.3, 0.4) is 0 Å². The second-order valence-electron chi connectivity index (χ2n) is 6.68. The second kappa shape index (κ2) is 9.22. The smallest absolute Gasteiger partial charge is 0.337 e. The number of imide groups is 1. The predicted molar refractivity (Wildman–Crippen MR) is 99.2 cm³/mol. The second-order valence-corrected chi connectivity index (χ2v) is 6.68. The van der Waals surface area contributed by atoms with Gasteiger partial charge in [-0.25, -0.2) is 9.59 Å². The van der Waals surface area contributed by atoms with Gasteiger partial charge < -0.3 is 15.4 Å². The SMILES string of the molecule is COC(=O)c1ccc(C)c(N[C@H](C)C(=O)NC(=O)NC2CCCCC2)c1. The Morgan fingerprint density at radius 3 is 2.50 bits per heavy atom. The first-order chi connectivity index (χ1) is 12.4. The normalized spacial score (nSPS) is 15.7. The van der Waals surface area contributed by atoms with E-state index in [0.29, 0.717) is 11.3 Å². The van der Waals surface area contributed by atoms with E-state index in [2.05, 4.69) is 16.0 Å². The van der Waals surface area contributed by atoms with Crippen molar-refractivity contribution in [1.82, 2.24) is 10.6 Å². The number of carbonyl (C=O) groups excluding carboxylic acids is 3. The summed E-state index contributed by atoms with van der Waals surface area (Å²) in [5.74, 6) is -0.877. The highest BCUT2D eigenvalue weighted by Crippen LogP contribution is 2.19. The van der Waals surface area contributed by atoms with Crippen LogP contribution in [0.2, 0.25) is 0 Å². The van der Waals surface area contributed by atoms with E-state index in [1.54, 1.807) is 25.1 Å². The molecule has 1 fully saturated rings. The van der Waals surface area contributed by atoms with Crippen LogP contribution < -0.4 is 16.0 Å². The van der Waals surface area contributed by atoms with Gasteiger partial charge >= 0.3 is 12.0 Å². The van der Waals surface area contributed by atoms with Crippen LogP contribution in [-0.4, -0.2) is 37.1 Å². The molecule has 1 aromatic rings. The standard InChI is InChI=1S/C19H27N3O4/c1-12-9-10-14(18(24)26-3)11-16(12)20-13(2)17(23)22-19(25)21-15-7-5-4-6-8-15/h9-11,13,15,20H,4-8H2,1-3H3,(H2,21,22,23,25)/t13-/m1/s1. The molecule has 0 aliphatic heterocycles. The van der Waals surface area contributed by atoms with Gasteiger partial charge in [-0.2, -0.15) is 0 Å². The van der Waals surface area contributed by atoms with Crippen LogP contribution in [0.1, 0.15) is 54.9 Å². The van der Waals surface area contributed by atoms with Crippen LogP contribution in [0.25, 0.3) is 0 Å². The minimum atomic E-state index is -0.640. The maximum absolute atomic E-state index is 12.3. The molecule has 0 spiro atoms. The number of urea groups is 1. The van der Waals surface area contributed by atoms with E-state index in [4.69, 9.17) is 4.74 Å². The summed E-state index contributed by atoms with van der Waals surface area (Å²) >= 11 is 0. The zero-order valence-electron chi connectivity index (χ0n) is 15.6. The first kappa shape index (κ1) is 19.8. The molecular weight excluding hydrogens is 334 g/mol. The summed E-state index contributed by atoms with van der Waals surface area (Å²) in [5, 5.41) is 8.26. The fraction of sp³-hybridized carbons (Fsp3) is 0.526.